The number of anilines is 1. The summed E-state index contributed by atoms with van der Waals surface area (Å²) in [6.45, 7) is 1.18. The third-order valence-electron chi connectivity index (χ3n) is 4.26. The van der Waals surface area contributed by atoms with Crippen LogP contribution in [0.15, 0.2) is 58.1 Å². The van der Waals surface area contributed by atoms with Crippen LogP contribution < -0.4 is 16.6 Å². The number of nitrogens with zero attached hydrogens (tertiary/aromatic N) is 2. The molecule has 0 fully saturated rings. The molecule has 0 unspecified atom stereocenters. The Bertz CT molecular complexity index is 1160. The third-order valence-corrected chi connectivity index (χ3v) is 4.26. The minimum absolute atomic E-state index is 0.0982. The lowest BCUT2D eigenvalue weighted by Gasteiger charge is -2.15. The number of halogens is 3. The average molecular weight is 391 g/mol. The normalized spacial score (nSPS) is 11.6. The number of hydrogen-bond acceptors (Lipinski definition) is 3. The molecule has 0 aliphatic heterocycles. The van der Waals surface area contributed by atoms with Gasteiger partial charge >= 0.3 is 11.9 Å². The summed E-state index contributed by atoms with van der Waals surface area (Å²) >= 11 is 0. The number of rotatable bonds is 4. The van der Waals surface area contributed by atoms with Crippen LogP contribution in [-0.4, -0.2) is 15.0 Å². The first-order valence-corrected chi connectivity index (χ1v) is 8.42. The van der Waals surface area contributed by atoms with Crippen LogP contribution in [0.5, 0.6) is 0 Å². The van der Waals surface area contributed by atoms with Crippen molar-refractivity contribution in [3.05, 3.63) is 74.9 Å². The summed E-state index contributed by atoms with van der Waals surface area (Å²) in [6.07, 6.45) is -4.64. The SMILES string of the molecule is CCn1c(=O)c2ccccc2n(CC(=O)Nc2ccccc2C(F)(F)F)c1=O. The first-order chi connectivity index (χ1) is 13.2. The molecular weight excluding hydrogens is 375 g/mol. The van der Waals surface area contributed by atoms with E-state index in [2.05, 4.69) is 5.32 Å². The Morgan fingerprint density at radius 1 is 1.00 bits per heavy atom. The van der Waals surface area contributed by atoms with Crippen LogP contribution >= 0.6 is 0 Å². The molecule has 0 aliphatic rings. The highest BCUT2D eigenvalue weighted by atomic mass is 19.4. The van der Waals surface area contributed by atoms with Crippen molar-refractivity contribution in [2.75, 3.05) is 5.32 Å². The molecule has 28 heavy (non-hydrogen) atoms. The van der Waals surface area contributed by atoms with Gasteiger partial charge in [0, 0.05) is 6.54 Å². The van der Waals surface area contributed by atoms with E-state index in [9.17, 15) is 27.6 Å². The predicted molar refractivity (Wildman–Crippen MR) is 98.2 cm³/mol. The summed E-state index contributed by atoms with van der Waals surface area (Å²) in [7, 11) is 0. The van der Waals surface area contributed by atoms with Crippen LogP contribution in [0.4, 0.5) is 18.9 Å². The number of aromatic nitrogens is 2. The molecule has 0 aliphatic carbocycles. The van der Waals surface area contributed by atoms with Crippen molar-refractivity contribution in [2.24, 2.45) is 0 Å². The molecule has 146 valence electrons. The zero-order chi connectivity index (χ0) is 20.5. The Morgan fingerprint density at radius 3 is 2.32 bits per heavy atom. The summed E-state index contributed by atoms with van der Waals surface area (Å²) in [5.74, 6) is -0.815. The Kier molecular flexibility index (Phi) is 5.08. The van der Waals surface area contributed by atoms with Crippen molar-refractivity contribution in [3.63, 3.8) is 0 Å². The fourth-order valence-electron chi connectivity index (χ4n) is 2.98. The van der Waals surface area contributed by atoms with Crippen molar-refractivity contribution in [1.82, 2.24) is 9.13 Å². The number of benzene rings is 2. The van der Waals surface area contributed by atoms with Gasteiger partial charge in [-0.1, -0.05) is 24.3 Å². The van der Waals surface area contributed by atoms with Crippen molar-refractivity contribution >= 4 is 22.5 Å². The second kappa shape index (κ2) is 7.34. The van der Waals surface area contributed by atoms with E-state index in [1.807, 2.05) is 0 Å². The number of para-hydroxylation sites is 2. The van der Waals surface area contributed by atoms with Gasteiger partial charge in [-0.15, -0.1) is 0 Å². The zero-order valence-electron chi connectivity index (χ0n) is 14.8. The van der Waals surface area contributed by atoms with Gasteiger partial charge in [0.2, 0.25) is 5.91 Å². The molecule has 0 saturated carbocycles. The van der Waals surface area contributed by atoms with E-state index in [0.717, 1.165) is 21.3 Å². The monoisotopic (exact) mass is 391 g/mol. The highest BCUT2D eigenvalue weighted by molar-refractivity contribution is 5.92. The number of hydrogen-bond donors (Lipinski definition) is 1. The maximum Gasteiger partial charge on any atom is 0.418 e. The van der Waals surface area contributed by atoms with Crippen molar-refractivity contribution in [1.29, 1.82) is 0 Å². The molecule has 0 spiro atoms. The second-order valence-electron chi connectivity index (χ2n) is 6.03. The molecule has 9 heteroatoms. The molecule has 3 rings (SSSR count). The van der Waals surface area contributed by atoms with Crippen LogP contribution in [0.3, 0.4) is 0 Å². The van der Waals surface area contributed by atoms with Gasteiger partial charge in [-0.25, -0.2) is 4.79 Å². The molecule has 0 atom stereocenters. The van der Waals surface area contributed by atoms with Crippen LogP contribution in [0, 0.1) is 0 Å². The van der Waals surface area contributed by atoms with Gasteiger partial charge in [0.25, 0.3) is 5.56 Å². The molecule has 1 N–H and O–H groups in total. The number of carbonyl (C=O) groups excluding carboxylic acids is 1. The standard InChI is InChI=1S/C19H16F3N3O3/c1-2-24-17(27)12-7-3-6-10-15(12)25(18(24)28)11-16(26)23-14-9-5-4-8-13(14)19(20,21)22/h3-10H,2,11H2,1H3,(H,23,26). The largest absolute Gasteiger partial charge is 0.418 e. The highest BCUT2D eigenvalue weighted by Crippen LogP contribution is 2.34. The van der Waals surface area contributed by atoms with E-state index in [4.69, 9.17) is 0 Å². The topological polar surface area (TPSA) is 73.1 Å². The number of nitrogens with one attached hydrogen (secondary N) is 1. The van der Waals surface area contributed by atoms with Crippen LogP contribution in [0.25, 0.3) is 10.9 Å². The molecule has 1 heterocycles. The molecule has 0 bridgehead atoms. The molecule has 2 aromatic carbocycles. The Labute approximate surface area is 156 Å². The Balaban J connectivity index is 2.02. The maximum atomic E-state index is 13.1. The van der Waals surface area contributed by atoms with Gasteiger partial charge in [-0.2, -0.15) is 13.2 Å². The summed E-state index contributed by atoms with van der Waals surface area (Å²) < 4.78 is 41.3. The van der Waals surface area contributed by atoms with E-state index in [1.54, 1.807) is 19.1 Å². The van der Waals surface area contributed by atoms with E-state index in [-0.39, 0.29) is 17.4 Å². The number of amides is 1. The van der Waals surface area contributed by atoms with Crippen LogP contribution in [-0.2, 0) is 24.1 Å². The van der Waals surface area contributed by atoms with Crippen LogP contribution in [0.1, 0.15) is 12.5 Å². The lowest BCUT2D eigenvalue weighted by atomic mass is 10.1. The maximum absolute atomic E-state index is 13.1. The minimum atomic E-state index is -4.64. The third kappa shape index (κ3) is 3.55. The van der Waals surface area contributed by atoms with Crippen molar-refractivity contribution < 1.29 is 18.0 Å². The predicted octanol–water partition coefficient (Wildman–Crippen LogP) is 2.84. The molecule has 0 radical (unpaired) electrons. The number of carbonyl (C=O) groups is 1. The Morgan fingerprint density at radius 2 is 1.64 bits per heavy atom. The fourth-order valence-corrected chi connectivity index (χ4v) is 2.98. The lowest BCUT2D eigenvalue weighted by molar-refractivity contribution is -0.137. The summed E-state index contributed by atoms with van der Waals surface area (Å²) in [4.78, 5) is 37.4. The van der Waals surface area contributed by atoms with E-state index < -0.39 is 41.1 Å². The molecule has 0 saturated heterocycles. The van der Waals surface area contributed by atoms with Crippen molar-refractivity contribution in [3.8, 4) is 0 Å². The van der Waals surface area contributed by atoms with Gasteiger partial charge in [0.15, 0.2) is 0 Å². The smallest absolute Gasteiger partial charge is 0.324 e. The van der Waals surface area contributed by atoms with E-state index >= 15 is 0 Å². The molecule has 3 aromatic rings. The quantitative estimate of drug-likeness (QED) is 0.743. The highest BCUT2D eigenvalue weighted by Gasteiger charge is 2.33. The molecular formula is C19H16F3N3O3. The van der Waals surface area contributed by atoms with Gasteiger partial charge < -0.3 is 5.32 Å². The summed E-state index contributed by atoms with van der Waals surface area (Å²) in [5.41, 5.74) is -2.34. The van der Waals surface area contributed by atoms with Gasteiger partial charge in [-0.05, 0) is 31.2 Å². The molecule has 1 aromatic heterocycles. The molecule has 6 nitrogen and oxygen atoms in total. The summed E-state index contributed by atoms with van der Waals surface area (Å²) in [6, 6.07) is 10.8. The number of alkyl halides is 3. The van der Waals surface area contributed by atoms with E-state index in [1.165, 1.54) is 24.3 Å². The minimum Gasteiger partial charge on any atom is -0.324 e. The summed E-state index contributed by atoms with van der Waals surface area (Å²) in [5, 5.41) is 2.45. The average Bonchev–Trinajstić information content (AvgIpc) is 2.65. The number of fused-ring (bicyclic) bond motifs is 1. The van der Waals surface area contributed by atoms with Crippen LogP contribution in [0.2, 0.25) is 0 Å². The lowest BCUT2D eigenvalue weighted by Crippen LogP contribution is -2.41. The van der Waals surface area contributed by atoms with E-state index in [0.29, 0.717) is 0 Å². The van der Waals surface area contributed by atoms with Crippen molar-refractivity contribution in [2.45, 2.75) is 26.2 Å². The molecule has 1 amide bonds. The second-order valence-corrected chi connectivity index (χ2v) is 6.03. The fraction of sp³-hybridized carbons (Fsp3) is 0.211. The zero-order valence-corrected chi connectivity index (χ0v) is 14.8. The van der Waals surface area contributed by atoms with Gasteiger partial charge in [-0.3, -0.25) is 18.7 Å². The van der Waals surface area contributed by atoms with Gasteiger partial charge in [0.1, 0.15) is 6.54 Å². The Hall–Kier alpha value is -3.36. The van der Waals surface area contributed by atoms with Gasteiger partial charge in [0.05, 0.1) is 22.2 Å². The first kappa shape index (κ1) is 19.4. The first-order valence-electron chi connectivity index (χ1n) is 8.42.